The number of nitrogens with one attached hydrogen (secondary N) is 1. The maximum absolute atomic E-state index is 12.5. The number of halogens is 1. The van der Waals surface area contributed by atoms with Gasteiger partial charge in [-0.25, -0.2) is 0 Å². The molecule has 4 rings (SSSR count). The van der Waals surface area contributed by atoms with Gasteiger partial charge in [0.2, 0.25) is 5.91 Å². The van der Waals surface area contributed by atoms with Gasteiger partial charge in [0.05, 0.1) is 5.69 Å². The van der Waals surface area contributed by atoms with Gasteiger partial charge in [-0.3, -0.25) is 4.79 Å². The fourth-order valence-electron chi connectivity index (χ4n) is 3.78. The van der Waals surface area contributed by atoms with Crippen molar-refractivity contribution in [2.75, 3.05) is 18.0 Å². The fraction of sp³-hybridized carbons (Fsp3) is 0.450. The minimum Gasteiger partial charge on any atom is -0.355 e. The maximum atomic E-state index is 12.5. The smallest absolute Gasteiger partial charge is 0.223 e. The zero-order chi connectivity index (χ0) is 17.9. The molecule has 136 valence electrons. The molecule has 0 unspecified atom stereocenters. The van der Waals surface area contributed by atoms with Crippen molar-refractivity contribution in [2.24, 2.45) is 5.92 Å². The van der Waals surface area contributed by atoms with E-state index in [4.69, 9.17) is 0 Å². The van der Waals surface area contributed by atoms with Crippen LogP contribution in [-0.2, 0) is 24.2 Å². The second-order valence-corrected chi connectivity index (χ2v) is 8.05. The number of carbonyl (C=O) groups excluding carboxylic acids is 1. The summed E-state index contributed by atoms with van der Waals surface area (Å²) in [5, 5.41) is 11.9. The summed E-state index contributed by atoms with van der Waals surface area (Å²) in [6.45, 7) is 2.32. The predicted molar refractivity (Wildman–Crippen MR) is 105 cm³/mol. The number of fused-ring (bicyclic) bond motifs is 1. The Hall–Kier alpha value is -1.95. The summed E-state index contributed by atoms with van der Waals surface area (Å²) in [6.07, 6.45) is 5.10. The number of nitrogens with zero attached hydrogens (tertiary/aromatic N) is 3. The van der Waals surface area contributed by atoms with Crippen LogP contribution in [-0.4, -0.2) is 29.2 Å². The highest BCUT2D eigenvalue weighted by molar-refractivity contribution is 9.10. The van der Waals surface area contributed by atoms with Crippen molar-refractivity contribution in [1.29, 1.82) is 0 Å². The largest absolute Gasteiger partial charge is 0.355 e. The Morgan fingerprint density at radius 3 is 2.69 bits per heavy atom. The molecule has 1 saturated heterocycles. The van der Waals surface area contributed by atoms with Gasteiger partial charge in [0, 0.05) is 30.0 Å². The third-order valence-electron chi connectivity index (χ3n) is 5.38. The van der Waals surface area contributed by atoms with Crippen LogP contribution in [0.25, 0.3) is 0 Å². The molecule has 1 aromatic carbocycles. The van der Waals surface area contributed by atoms with Crippen LogP contribution in [0.15, 0.2) is 34.8 Å². The van der Waals surface area contributed by atoms with Crippen molar-refractivity contribution < 1.29 is 4.79 Å². The highest BCUT2D eigenvalue weighted by Gasteiger charge is 2.26. The van der Waals surface area contributed by atoms with E-state index in [0.29, 0.717) is 6.54 Å². The second kappa shape index (κ2) is 7.74. The van der Waals surface area contributed by atoms with Gasteiger partial charge in [-0.15, -0.1) is 5.10 Å². The van der Waals surface area contributed by atoms with Crippen molar-refractivity contribution in [3.05, 3.63) is 51.6 Å². The van der Waals surface area contributed by atoms with Gasteiger partial charge in [0.1, 0.15) is 0 Å². The average Bonchev–Trinajstić information content (AvgIpc) is 3.15. The molecule has 1 aliphatic carbocycles. The van der Waals surface area contributed by atoms with Gasteiger partial charge in [-0.2, -0.15) is 5.10 Å². The lowest BCUT2D eigenvalue weighted by Gasteiger charge is -2.32. The number of hydrogen-bond acceptors (Lipinski definition) is 4. The van der Waals surface area contributed by atoms with Crippen molar-refractivity contribution in [1.82, 2.24) is 15.5 Å². The monoisotopic (exact) mass is 414 g/mol. The summed E-state index contributed by atoms with van der Waals surface area (Å²) in [4.78, 5) is 14.7. The van der Waals surface area contributed by atoms with Crippen LogP contribution in [0.4, 0.5) is 5.82 Å². The van der Waals surface area contributed by atoms with Gasteiger partial charge >= 0.3 is 0 Å². The zero-order valence-electron chi connectivity index (χ0n) is 14.7. The number of aryl methyl sites for hydroxylation is 2. The SMILES string of the molecule is O=C(NCc1ccc(Br)cc1)C1CCN(c2cc3c(nn2)CCC3)CC1. The molecule has 0 atom stereocenters. The zero-order valence-corrected chi connectivity index (χ0v) is 16.3. The minimum atomic E-state index is 0.0871. The van der Waals surface area contributed by atoms with Crippen molar-refractivity contribution >= 4 is 27.7 Å². The van der Waals surface area contributed by atoms with Crippen LogP contribution in [0.3, 0.4) is 0 Å². The molecule has 6 heteroatoms. The van der Waals surface area contributed by atoms with E-state index in [9.17, 15) is 4.79 Å². The first-order valence-corrected chi connectivity index (χ1v) is 10.1. The van der Waals surface area contributed by atoms with Crippen LogP contribution in [0.2, 0.25) is 0 Å². The van der Waals surface area contributed by atoms with Crippen LogP contribution in [0.1, 0.15) is 36.1 Å². The molecule has 1 amide bonds. The number of carbonyl (C=O) groups is 1. The lowest BCUT2D eigenvalue weighted by Crippen LogP contribution is -2.40. The molecule has 2 aliphatic rings. The Kier molecular flexibility index (Phi) is 5.20. The number of hydrogen-bond donors (Lipinski definition) is 1. The summed E-state index contributed by atoms with van der Waals surface area (Å²) in [6, 6.07) is 10.2. The van der Waals surface area contributed by atoms with E-state index in [-0.39, 0.29) is 11.8 Å². The first-order valence-electron chi connectivity index (χ1n) is 9.31. The number of piperidine rings is 1. The van der Waals surface area contributed by atoms with Gasteiger partial charge in [-0.05, 0) is 61.4 Å². The van der Waals surface area contributed by atoms with Crippen LogP contribution < -0.4 is 10.2 Å². The highest BCUT2D eigenvalue weighted by atomic mass is 79.9. The third-order valence-corrected chi connectivity index (χ3v) is 5.91. The van der Waals surface area contributed by atoms with Gasteiger partial charge in [0.15, 0.2) is 5.82 Å². The third kappa shape index (κ3) is 3.90. The maximum Gasteiger partial charge on any atom is 0.223 e. The Bertz CT molecular complexity index is 785. The molecule has 2 aromatic rings. The molecule has 1 aliphatic heterocycles. The topological polar surface area (TPSA) is 58.1 Å². The van der Waals surface area contributed by atoms with Crippen LogP contribution >= 0.6 is 15.9 Å². The standard InChI is InChI=1S/C20H23BrN4O/c21-17-6-4-14(5-7-17)13-22-20(26)15-8-10-25(11-9-15)19-12-16-2-1-3-18(16)23-24-19/h4-7,12,15H,1-3,8-11,13H2,(H,22,26). The van der Waals surface area contributed by atoms with E-state index in [2.05, 4.69) is 42.4 Å². The Labute approximate surface area is 162 Å². The first kappa shape index (κ1) is 17.5. The molecule has 0 radical (unpaired) electrons. The molecule has 1 fully saturated rings. The quantitative estimate of drug-likeness (QED) is 0.833. The lowest BCUT2D eigenvalue weighted by molar-refractivity contribution is -0.125. The molecule has 0 bridgehead atoms. The van der Waals surface area contributed by atoms with E-state index in [1.165, 1.54) is 12.0 Å². The summed E-state index contributed by atoms with van der Waals surface area (Å²) in [5.41, 5.74) is 3.63. The van der Waals surface area contributed by atoms with Crippen molar-refractivity contribution in [3.8, 4) is 0 Å². The first-order chi connectivity index (χ1) is 12.7. The van der Waals surface area contributed by atoms with Crippen LogP contribution in [0, 0.1) is 5.92 Å². The van der Waals surface area contributed by atoms with Gasteiger partial charge < -0.3 is 10.2 Å². The number of anilines is 1. The number of rotatable bonds is 4. The minimum absolute atomic E-state index is 0.0871. The normalized spacial score (nSPS) is 17.2. The summed E-state index contributed by atoms with van der Waals surface area (Å²) < 4.78 is 1.05. The average molecular weight is 415 g/mol. The Morgan fingerprint density at radius 2 is 1.92 bits per heavy atom. The van der Waals surface area contributed by atoms with Gasteiger partial charge in [0.25, 0.3) is 0 Å². The molecule has 1 N–H and O–H groups in total. The van der Waals surface area contributed by atoms with Crippen molar-refractivity contribution in [3.63, 3.8) is 0 Å². The molecule has 26 heavy (non-hydrogen) atoms. The number of benzene rings is 1. The van der Waals surface area contributed by atoms with Gasteiger partial charge in [-0.1, -0.05) is 28.1 Å². The molecule has 0 saturated carbocycles. The van der Waals surface area contributed by atoms with Crippen molar-refractivity contribution in [2.45, 2.75) is 38.6 Å². The van der Waals surface area contributed by atoms with E-state index in [1.807, 2.05) is 24.3 Å². The molecule has 1 aromatic heterocycles. The van der Waals surface area contributed by atoms with E-state index in [1.54, 1.807) is 0 Å². The number of amides is 1. The summed E-state index contributed by atoms with van der Waals surface area (Å²) in [7, 11) is 0. The number of aromatic nitrogens is 2. The second-order valence-electron chi connectivity index (χ2n) is 7.13. The van der Waals surface area contributed by atoms with E-state index in [0.717, 1.165) is 60.3 Å². The fourth-order valence-corrected chi connectivity index (χ4v) is 4.04. The summed E-state index contributed by atoms with van der Waals surface area (Å²) >= 11 is 3.43. The van der Waals surface area contributed by atoms with Crippen LogP contribution in [0.5, 0.6) is 0 Å². The molecular formula is C20H23BrN4O. The Morgan fingerprint density at radius 1 is 1.15 bits per heavy atom. The molecule has 5 nitrogen and oxygen atoms in total. The molecule has 0 spiro atoms. The highest BCUT2D eigenvalue weighted by Crippen LogP contribution is 2.26. The Balaban J connectivity index is 1.29. The molecule has 2 heterocycles. The molecular weight excluding hydrogens is 392 g/mol. The summed E-state index contributed by atoms with van der Waals surface area (Å²) in [5.74, 6) is 1.22. The van der Waals surface area contributed by atoms with E-state index < -0.39 is 0 Å². The van der Waals surface area contributed by atoms with E-state index >= 15 is 0 Å². The predicted octanol–water partition coefficient (Wildman–Crippen LogP) is 3.26. The lowest BCUT2D eigenvalue weighted by atomic mass is 9.95.